The topological polar surface area (TPSA) is 27.7 Å². The van der Waals surface area contributed by atoms with Crippen molar-refractivity contribution in [2.24, 2.45) is 0 Å². The summed E-state index contributed by atoms with van der Waals surface area (Å²) in [6.07, 6.45) is 0.0406. The molecule has 1 heterocycles. The van der Waals surface area contributed by atoms with Gasteiger partial charge in [-0.3, -0.25) is 0 Å². The summed E-state index contributed by atoms with van der Waals surface area (Å²) in [6.45, 7) is 5.02. The van der Waals surface area contributed by atoms with Gasteiger partial charge >= 0.3 is 0 Å². The predicted molar refractivity (Wildman–Crippen MR) is 73.7 cm³/mol. The fraction of sp³-hybridized carbons (Fsp3) is 0.571. The molecule has 1 saturated heterocycles. The Labute approximate surface area is 117 Å². The summed E-state index contributed by atoms with van der Waals surface area (Å²) in [4.78, 5) is 0. The van der Waals surface area contributed by atoms with Gasteiger partial charge < -0.3 is 14.2 Å². The highest BCUT2D eigenvalue weighted by Crippen LogP contribution is 2.29. The van der Waals surface area contributed by atoms with Gasteiger partial charge in [0.15, 0.2) is 5.79 Å². The van der Waals surface area contributed by atoms with E-state index < -0.39 is 5.79 Å². The highest BCUT2D eigenvalue weighted by molar-refractivity contribution is 9.09. The second kappa shape index (κ2) is 6.15. The number of hydrogen-bond donors (Lipinski definition) is 0. The zero-order chi connectivity index (χ0) is 13.0. The molecule has 1 aromatic rings. The van der Waals surface area contributed by atoms with Gasteiger partial charge in [-0.05, 0) is 19.4 Å². The van der Waals surface area contributed by atoms with Crippen molar-refractivity contribution >= 4 is 15.9 Å². The molecular weight excluding hydrogens is 296 g/mol. The van der Waals surface area contributed by atoms with E-state index in [1.807, 2.05) is 32.0 Å². The smallest absolute Gasteiger partial charge is 0.163 e. The van der Waals surface area contributed by atoms with Gasteiger partial charge in [-0.1, -0.05) is 46.3 Å². The van der Waals surface area contributed by atoms with E-state index in [-0.39, 0.29) is 12.2 Å². The molecule has 0 spiro atoms. The summed E-state index contributed by atoms with van der Waals surface area (Å²) in [5.41, 5.74) is 1.17. The van der Waals surface area contributed by atoms with Crippen LogP contribution >= 0.6 is 15.9 Å². The lowest BCUT2D eigenvalue weighted by Gasteiger charge is -2.16. The van der Waals surface area contributed by atoms with E-state index in [1.165, 1.54) is 5.56 Å². The maximum Gasteiger partial charge on any atom is 0.163 e. The van der Waals surface area contributed by atoms with E-state index in [2.05, 4.69) is 28.1 Å². The number of halogens is 1. The second-order valence-corrected chi connectivity index (χ2v) is 5.51. The Morgan fingerprint density at radius 3 is 2.50 bits per heavy atom. The van der Waals surface area contributed by atoms with Crippen LogP contribution in [-0.2, 0) is 20.8 Å². The van der Waals surface area contributed by atoms with Crippen LogP contribution in [0.5, 0.6) is 0 Å². The van der Waals surface area contributed by atoms with Gasteiger partial charge in [0.1, 0.15) is 6.10 Å². The molecule has 0 unspecified atom stereocenters. The zero-order valence-electron chi connectivity index (χ0n) is 10.8. The number of hydrogen-bond acceptors (Lipinski definition) is 3. The van der Waals surface area contributed by atoms with E-state index in [0.29, 0.717) is 13.2 Å². The molecule has 2 atom stereocenters. The van der Waals surface area contributed by atoms with Crippen LogP contribution in [0.2, 0.25) is 0 Å². The van der Waals surface area contributed by atoms with Crippen LogP contribution in [0.25, 0.3) is 0 Å². The van der Waals surface area contributed by atoms with Crippen molar-refractivity contribution in [3.05, 3.63) is 35.9 Å². The summed E-state index contributed by atoms with van der Waals surface area (Å²) in [7, 11) is 0. The van der Waals surface area contributed by atoms with E-state index in [0.717, 1.165) is 5.33 Å². The number of rotatable bonds is 5. The lowest BCUT2D eigenvalue weighted by atomic mass is 10.2. The monoisotopic (exact) mass is 314 g/mol. The van der Waals surface area contributed by atoms with Crippen LogP contribution < -0.4 is 0 Å². The molecule has 1 aromatic carbocycles. The van der Waals surface area contributed by atoms with E-state index in [4.69, 9.17) is 14.2 Å². The van der Waals surface area contributed by atoms with Crippen molar-refractivity contribution in [2.45, 2.75) is 38.4 Å². The number of benzene rings is 1. The average Bonchev–Trinajstić information content (AvgIpc) is 2.65. The maximum absolute atomic E-state index is 5.81. The summed E-state index contributed by atoms with van der Waals surface area (Å²) in [5, 5.41) is 0.760. The molecule has 0 amide bonds. The molecule has 18 heavy (non-hydrogen) atoms. The second-order valence-electron chi connectivity index (χ2n) is 4.87. The first-order valence-electron chi connectivity index (χ1n) is 6.14. The minimum atomic E-state index is -0.515. The molecular formula is C14H19BrO3. The van der Waals surface area contributed by atoms with Crippen molar-refractivity contribution in [1.82, 2.24) is 0 Å². The Morgan fingerprint density at radius 2 is 1.83 bits per heavy atom. The van der Waals surface area contributed by atoms with Gasteiger partial charge in [0, 0.05) is 5.33 Å². The van der Waals surface area contributed by atoms with Crippen LogP contribution in [0, 0.1) is 0 Å². The van der Waals surface area contributed by atoms with Crippen LogP contribution in [0.1, 0.15) is 19.4 Å². The minimum Gasteiger partial charge on any atom is -0.374 e. The first kappa shape index (κ1) is 14.0. The third-order valence-corrected chi connectivity index (χ3v) is 3.47. The van der Waals surface area contributed by atoms with Crippen LogP contribution in [-0.4, -0.2) is 29.9 Å². The Hall–Kier alpha value is -0.420. The van der Waals surface area contributed by atoms with Gasteiger partial charge in [-0.2, -0.15) is 0 Å². The minimum absolute atomic E-state index is 0.0110. The molecule has 1 fully saturated rings. The van der Waals surface area contributed by atoms with E-state index in [1.54, 1.807) is 0 Å². The van der Waals surface area contributed by atoms with Gasteiger partial charge in [-0.25, -0.2) is 0 Å². The summed E-state index contributed by atoms with van der Waals surface area (Å²) >= 11 is 3.44. The Balaban J connectivity index is 1.80. The molecule has 1 aliphatic heterocycles. The largest absolute Gasteiger partial charge is 0.374 e. The molecule has 0 aromatic heterocycles. The molecule has 0 saturated carbocycles. The fourth-order valence-corrected chi connectivity index (χ4v) is 2.60. The molecule has 0 N–H and O–H groups in total. The van der Waals surface area contributed by atoms with Gasteiger partial charge in [0.2, 0.25) is 0 Å². The lowest BCUT2D eigenvalue weighted by Crippen LogP contribution is -2.28. The molecule has 0 aliphatic carbocycles. The maximum atomic E-state index is 5.81. The first-order chi connectivity index (χ1) is 8.61. The van der Waals surface area contributed by atoms with Crippen LogP contribution in [0.3, 0.4) is 0 Å². The molecule has 0 radical (unpaired) electrons. The standard InChI is InChI=1S/C14H19BrO3/c1-14(2)17-12(8-15)13(18-14)10-16-9-11-6-4-3-5-7-11/h3-7,12-13H,8-10H2,1-2H3/t12-,13-/m0/s1. The molecule has 1 aliphatic rings. The summed E-state index contributed by atoms with van der Waals surface area (Å²) in [6, 6.07) is 10.1. The molecule has 3 nitrogen and oxygen atoms in total. The first-order valence-corrected chi connectivity index (χ1v) is 7.26. The Kier molecular flexibility index (Phi) is 4.78. The fourth-order valence-electron chi connectivity index (χ4n) is 2.05. The third-order valence-electron chi connectivity index (χ3n) is 2.83. The van der Waals surface area contributed by atoms with Crippen LogP contribution in [0.4, 0.5) is 0 Å². The third kappa shape index (κ3) is 3.79. The van der Waals surface area contributed by atoms with Gasteiger partial charge in [-0.15, -0.1) is 0 Å². The summed E-state index contributed by atoms with van der Waals surface area (Å²) in [5.74, 6) is -0.515. The van der Waals surface area contributed by atoms with Crippen molar-refractivity contribution in [2.75, 3.05) is 11.9 Å². The van der Waals surface area contributed by atoms with Crippen molar-refractivity contribution in [1.29, 1.82) is 0 Å². The number of alkyl halides is 1. The van der Waals surface area contributed by atoms with Crippen molar-refractivity contribution in [3.8, 4) is 0 Å². The average molecular weight is 315 g/mol. The van der Waals surface area contributed by atoms with E-state index >= 15 is 0 Å². The zero-order valence-corrected chi connectivity index (χ0v) is 12.4. The highest BCUT2D eigenvalue weighted by atomic mass is 79.9. The van der Waals surface area contributed by atoms with Gasteiger partial charge in [0.05, 0.1) is 19.3 Å². The van der Waals surface area contributed by atoms with Crippen molar-refractivity contribution in [3.63, 3.8) is 0 Å². The number of ether oxygens (including phenoxy) is 3. The molecule has 0 bridgehead atoms. The SMILES string of the molecule is CC1(C)O[C@@H](CBr)[C@H](COCc2ccccc2)O1. The Bertz CT molecular complexity index is 367. The summed E-state index contributed by atoms with van der Waals surface area (Å²) < 4.78 is 17.3. The molecule has 4 heteroatoms. The quantitative estimate of drug-likeness (QED) is 0.782. The normalized spacial score (nSPS) is 26.4. The van der Waals surface area contributed by atoms with Gasteiger partial charge in [0.25, 0.3) is 0 Å². The molecule has 100 valence electrons. The van der Waals surface area contributed by atoms with Crippen molar-refractivity contribution < 1.29 is 14.2 Å². The van der Waals surface area contributed by atoms with E-state index in [9.17, 15) is 0 Å². The Morgan fingerprint density at radius 1 is 1.17 bits per heavy atom. The lowest BCUT2D eigenvalue weighted by molar-refractivity contribution is -0.149. The molecule has 2 rings (SSSR count). The van der Waals surface area contributed by atoms with Crippen LogP contribution in [0.15, 0.2) is 30.3 Å². The highest BCUT2D eigenvalue weighted by Gasteiger charge is 2.40. The predicted octanol–water partition coefficient (Wildman–Crippen LogP) is 3.12.